The fourth-order valence-corrected chi connectivity index (χ4v) is 2.95. The summed E-state index contributed by atoms with van der Waals surface area (Å²) in [4.78, 5) is 16.4. The van der Waals surface area contributed by atoms with Crippen molar-refractivity contribution in [3.63, 3.8) is 0 Å². The van der Waals surface area contributed by atoms with Crippen molar-refractivity contribution in [2.45, 2.75) is 38.6 Å². The van der Waals surface area contributed by atoms with Gasteiger partial charge >= 0.3 is 6.18 Å². The van der Waals surface area contributed by atoms with Gasteiger partial charge in [-0.1, -0.05) is 23.7 Å². The Morgan fingerprint density at radius 2 is 1.79 bits per heavy atom. The Morgan fingerprint density at radius 3 is 2.39 bits per heavy atom. The fourth-order valence-electron chi connectivity index (χ4n) is 2.83. The Bertz CT molecular complexity index is 1120. The second-order valence-corrected chi connectivity index (χ2v) is 7.65. The van der Waals surface area contributed by atoms with Crippen LogP contribution in [0.15, 0.2) is 53.3 Å². The maximum absolute atomic E-state index is 12.7. The lowest BCUT2D eigenvalue weighted by Gasteiger charge is -2.18. The molecule has 1 N–H and O–H groups in total. The summed E-state index contributed by atoms with van der Waals surface area (Å²) < 4.78 is 57.0. The molecule has 0 saturated heterocycles. The zero-order chi connectivity index (χ0) is 24.0. The number of nitrogens with one attached hydrogen (secondary N) is 1. The molecule has 2 aromatic carbocycles. The van der Waals surface area contributed by atoms with Crippen LogP contribution in [0.5, 0.6) is 5.75 Å². The van der Waals surface area contributed by atoms with Crippen LogP contribution < -0.4 is 15.6 Å². The summed E-state index contributed by atoms with van der Waals surface area (Å²) in [5.74, 6) is 0.160. The van der Waals surface area contributed by atoms with Gasteiger partial charge in [0.15, 0.2) is 6.10 Å². The Hall–Kier alpha value is -3.14. The van der Waals surface area contributed by atoms with E-state index in [0.717, 1.165) is 12.5 Å². The van der Waals surface area contributed by atoms with Crippen molar-refractivity contribution >= 4 is 23.2 Å². The number of anilines is 2. The molecule has 0 unspecified atom stereocenters. The van der Waals surface area contributed by atoms with Gasteiger partial charge in [0, 0.05) is 10.7 Å². The summed E-state index contributed by atoms with van der Waals surface area (Å²) in [5.41, 5.74) is 0.841. The third-order valence-corrected chi connectivity index (χ3v) is 4.87. The van der Waals surface area contributed by atoms with Gasteiger partial charge < -0.3 is 10.1 Å². The highest BCUT2D eigenvalue weighted by Gasteiger charge is 2.38. The van der Waals surface area contributed by atoms with E-state index in [2.05, 4.69) is 15.4 Å². The number of hydrogen-bond acceptors (Lipinski definition) is 5. The van der Waals surface area contributed by atoms with E-state index in [0.29, 0.717) is 10.7 Å². The zero-order valence-electron chi connectivity index (χ0n) is 17.6. The van der Waals surface area contributed by atoms with Gasteiger partial charge in [-0.25, -0.2) is 4.68 Å². The molecule has 1 atom stereocenters. The SMILES string of the molecule is C[C@@H](Oc1ccc(Nc2nc(=O)c(CCCF)nn2Cc2ccc(Cl)cc2)cc1)C(F)(F)F. The van der Waals surface area contributed by atoms with E-state index < -0.39 is 24.5 Å². The first-order valence-corrected chi connectivity index (χ1v) is 10.4. The number of hydrogen-bond donors (Lipinski definition) is 1. The number of ether oxygens (including phenoxy) is 1. The zero-order valence-corrected chi connectivity index (χ0v) is 18.3. The summed E-state index contributed by atoms with van der Waals surface area (Å²) in [6, 6.07) is 12.7. The van der Waals surface area contributed by atoms with Crippen LogP contribution in [0, 0.1) is 0 Å². The first-order chi connectivity index (χ1) is 15.7. The summed E-state index contributed by atoms with van der Waals surface area (Å²) in [5, 5.41) is 7.85. The number of benzene rings is 2. The topological polar surface area (TPSA) is 69.0 Å². The monoisotopic (exact) mass is 484 g/mol. The molecule has 1 aromatic heterocycles. The minimum Gasteiger partial charge on any atom is -0.481 e. The lowest BCUT2D eigenvalue weighted by molar-refractivity contribution is -0.189. The van der Waals surface area contributed by atoms with Crippen LogP contribution in [-0.2, 0) is 13.0 Å². The van der Waals surface area contributed by atoms with Crippen LogP contribution in [0.1, 0.15) is 24.6 Å². The van der Waals surface area contributed by atoms with Gasteiger partial charge in [0.25, 0.3) is 5.56 Å². The van der Waals surface area contributed by atoms with Crippen molar-refractivity contribution in [2.24, 2.45) is 0 Å². The van der Waals surface area contributed by atoms with E-state index >= 15 is 0 Å². The quantitative estimate of drug-likeness (QED) is 0.417. The van der Waals surface area contributed by atoms with Gasteiger partial charge in [0.05, 0.1) is 13.2 Å². The molecule has 0 bridgehead atoms. The number of halogens is 5. The van der Waals surface area contributed by atoms with E-state index in [-0.39, 0.29) is 36.8 Å². The predicted molar refractivity (Wildman–Crippen MR) is 117 cm³/mol. The van der Waals surface area contributed by atoms with Crippen LogP contribution >= 0.6 is 11.6 Å². The lowest BCUT2D eigenvalue weighted by atomic mass is 10.2. The Kier molecular flexibility index (Phi) is 7.91. The normalized spacial score (nSPS) is 12.4. The van der Waals surface area contributed by atoms with Crippen molar-refractivity contribution in [3.05, 3.63) is 75.2 Å². The number of alkyl halides is 4. The van der Waals surface area contributed by atoms with E-state index in [1.807, 2.05) is 0 Å². The second kappa shape index (κ2) is 10.7. The molecule has 176 valence electrons. The first kappa shape index (κ1) is 24.5. The lowest BCUT2D eigenvalue weighted by Crippen LogP contribution is -2.31. The van der Waals surface area contributed by atoms with E-state index in [1.165, 1.54) is 28.9 Å². The molecule has 0 aliphatic rings. The Labute approximate surface area is 192 Å². The van der Waals surface area contributed by atoms with E-state index in [4.69, 9.17) is 16.3 Å². The Balaban J connectivity index is 1.85. The molecule has 0 aliphatic carbocycles. The molecule has 0 amide bonds. The second-order valence-electron chi connectivity index (χ2n) is 7.21. The van der Waals surface area contributed by atoms with Crippen LogP contribution in [0.3, 0.4) is 0 Å². The highest BCUT2D eigenvalue weighted by Crippen LogP contribution is 2.26. The predicted octanol–water partition coefficient (Wildman–Crippen LogP) is 5.32. The number of aromatic nitrogens is 3. The Morgan fingerprint density at radius 1 is 1.12 bits per heavy atom. The maximum atomic E-state index is 12.7. The molecule has 1 heterocycles. The molecular formula is C22H21ClF4N4O2. The van der Waals surface area contributed by atoms with E-state index in [9.17, 15) is 22.4 Å². The first-order valence-electron chi connectivity index (χ1n) is 10.0. The van der Waals surface area contributed by atoms with Crippen molar-refractivity contribution in [3.8, 4) is 5.75 Å². The third-order valence-electron chi connectivity index (χ3n) is 4.62. The minimum absolute atomic E-state index is 0.0385. The largest absolute Gasteiger partial charge is 0.481 e. The number of nitrogens with zero attached hydrogens (tertiary/aromatic N) is 3. The molecule has 0 saturated carbocycles. The van der Waals surface area contributed by atoms with Gasteiger partial charge in [-0.3, -0.25) is 9.18 Å². The van der Waals surface area contributed by atoms with Crippen LogP contribution in [0.25, 0.3) is 0 Å². The van der Waals surface area contributed by atoms with Crippen LogP contribution in [0.2, 0.25) is 5.02 Å². The highest BCUT2D eigenvalue weighted by atomic mass is 35.5. The average Bonchev–Trinajstić information content (AvgIpc) is 2.76. The fraction of sp³-hybridized carbons (Fsp3) is 0.318. The summed E-state index contributed by atoms with van der Waals surface area (Å²) in [6.07, 6.45) is -6.14. The summed E-state index contributed by atoms with van der Waals surface area (Å²) >= 11 is 5.93. The van der Waals surface area contributed by atoms with Gasteiger partial charge in [0.2, 0.25) is 5.95 Å². The molecule has 6 nitrogen and oxygen atoms in total. The maximum Gasteiger partial charge on any atom is 0.425 e. The molecular weight excluding hydrogens is 464 g/mol. The smallest absolute Gasteiger partial charge is 0.425 e. The van der Waals surface area contributed by atoms with Crippen LogP contribution in [0.4, 0.5) is 29.2 Å². The molecule has 0 aliphatic heterocycles. The number of aryl methyl sites for hydroxylation is 1. The molecule has 0 radical (unpaired) electrons. The van der Waals surface area contributed by atoms with Gasteiger partial charge in [-0.05, 0) is 61.7 Å². The van der Waals surface area contributed by atoms with Crippen molar-refractivity contribution in [1.82, 2.24) is 14.8 Å². The van der Waals surface area contributed by atoms with Crippen molar-refractivity contribution in [1.29, 1.82) is 0 Å². The van der Waals surface area contributed by atoms with Gasteiger partial charge in [-0.2, -0.15) is 23.3 Å². The highest BCUT2D eigenvalue weighted by molar-refractivity contribution is 6.30. The molecule has 0 fully saturated rings. The van der Waals surface area contributed by atoms with E-state index in [1.54, 1.807) is 24.3 Å². The van der Waals surface area contributed by atoms with Gasteiger partial charge in [0.1, 0.15) is 11.4 Å². The molecule has 3 aromatic rings. The van der Waals surface area contributed by atoms with Gasteiger partial charge in [-0.15, -0.1) is 0 Å². The number of rotatable bonds is 9. The third kappa shape index (κ3) is 6.92. The minimum atomic E-state index is -4.48. The molecule has 11 heteroatoms. The van der Waals surface area contributed by atoms with Crippen LogP contribution in [-0.4, -0.2) is 33.7 Å². The summed E-state index contributed by atoms with van der Waals surface area (Å²) in [6.45, 7) is 0.584. The average molecular weight is 485 g/mol. The van der Waals surface area contributed by atoms with Crippen molar-refractivity contribution in [2.75, 3.05) is 12.0 Å². The molecule has 33 heavy (non-hydrogen) atoms. The molecule has 0 spiro atoms. The molecule has 3 rings (SSSR count). The summed E-state index contributed by atoms with van der Waals surface area (Å²) in [7, 11) is 0. The standard InChI is InChI=1S/C22H21ClF4N4O2/c1-14(22(25,26)27)33-18-10-8-17(9-11-18)28-21-29-20(32)19(3-2-12-24)30-31(21)13-15-4-6-16(23)7-5-15/h4-11,14H,2-3,12-13H2,1H3,(H,28,29,32)/t14-/m1/s1. The van der Waals surface area contributed by atoms with Crippen molar-refractivity contribution < 1.29 is 22.3 Å².